The number of ether oxygens (including phenoxy) is 2. The smallest absolute Gasteiger partial charge is 0.341 e. The van der Waals surface area contributed by atoms with Gasteiger partial charge in [-0.05, 0) is 26.7 Å². The zero-order chi connectivity index (χ0) is 12.4. The first kappa shape index (κ1) is 12.1. The van der Waals surface area contributed by atoms with Gasteiger partial charge in [-0.3, -0.25) is 4.68 Å². The molecule has 1 aliphatic heterocycles. The zero-order valence-corrected chi connectivity index (χ0v) is 10.5. The SMILES string of the molecule is COC(=O)c1c(C)nn(C2CCCOC2)c1C. The van der Waals surface area contributed by atoms with Crippen LogP contribution in [0.3, 0.4) is 0 Å². The van der Waals surface area contributed by atoms with E-state index >= 15 is 0 Å². The van der Waals surface area contributed by atoms with Gasteiger partial charge in [0.1, 0.15) is 5.56 Å². The van der Waals surface area contributed by atoms with E-state index in [2.05, 4.69) is 5.10 Å². The number of methoxy groups -OCH3 is 1. The van der Waals surface area contributed by atoms with Crippen molar-refractivity contribution in [3.8, 4) is 0 Å². The number of esters is 1. The summed E-state index contributed by atoms with van der Waals surface area (Å²) in [4.78, 5) is 11.6. The molecule has 0 radical (unpaired) electrons. The Labute approximate surface area is 101 Å². The maximum Gasteiger partial charge on any atom is 0.341 e. The molecule has 5 nitrogen and oxygen atoms in total. The molecule has 0 amide bonds. The van der Waals surface area contributed by atoms with E-state index < -0.39 is 0 Å². The molecule has 1 aromatic rings. The standard InChI is InChI=1S/C12H18N2O3/c1-8-11(12(15)16-3)9(2)14(13-8)10-5-4-6-17-7-10/h10H,4-7H2,1-3H3. The lowest BCUT2D eigenvalue weighted by Crippen LogP contribution is -2.23. The Morgan fingerprint density at radius 3 is 2.88 bits per heavy atom. The van der Waals surface area contributed by atoms with E-state index in [1.165, 1.54) is 7.11 Å². The molecule has 1 unspecified atom stereocenters. The van der Waals surface area contributed by atoms with Crippen molar-refractivity contribution in [1.29, 1.82) is 0 Å². The van der Waals surface area contributed by atoms with E-state index in [1.54, 1.807) is 0 Å². The fraction of sp³-hybridized carbons (Fsp3) is 0.667. The van der Waals surface area contributed by atoms with Gasteiger partial charge in [0.2, 0.25) is 0 Å². The molecule has 1 aromatic heterocycles. The summed E-state index contributed by atoms with van der Waals surface area (Å²) < 4.78 is 12.1. The summed E-state index contributed by atoms with van der Waals surface area (Å²) in [5, 5.41) is 4.44. The van der Waals surface area contributed by atoms with Crippen LogP contribution in [0.2, 0.25) is 0 Å². The van der Waals surface area contributed by atoms with Gasteiger partial charge in [-0.1, -0.05) is 0 Å². The molecule has 2 heterocycles. The van der Waals surface area contributed by atoms with Gasteiger partial charge in [-0.25, -0.2) is 4.79 Å². The Balaban J connectivity index is 2.32. The number of rotatable bonds is 2. The van der Waals surface area contributed by atoms with Gasteiger partial charge in [0.05, 0.1) is 31.1 Å². The predicted molar refractivity (Wildman–Crippen MR) is 62.1 cm³/mol. The lowest BCUT2D eigenvalue weighted by molar-refractivity contribution is 0.0535. The predicted octanol–water partition coefficient (Wildman–Crippen LogP) is 1.64. The number of aryl methyl sites for hydroxylation is 1. The Morgan fingerprint density at radius 1 is 1.53 bits per heavy atom. The Morgan fingerprint density at radius 2 is 2.29 bits per heavy atom. The molecule has 5 heteroatoms. The second kappa shape index (κ2) is 4.87. The van der Waals surface area contributed by atoms with Crippen molar-refractivity contribution in [2.24, 2.45) is 0 Å². The molecule has 1 fully saturated rings. The van der Waals surface area contributed by atoms with Crippen molar-refractivity contribution in [1.82, 2.24) is 9.78 Å². The van der Waals surface area contributed by atoms with Crippen LogP contribution in [-0.2, 0) is 9.47 Å². The Bertz CT molecular complexity index is 420. The molecule has 0 aromatic carbocycles. The van der Waals surface area contributed by atoms with Crippen LogP contribution in [0, 0.1) is 13.8 Å². The van der Waals surface area contributed by atoms with Crippen molar-refractivity contribution in [2.45, 2.75) is 32.7 Å². The van der Waals surface area contributed by atoms with E-state index in [4.69, 9.17) is 9.47 Å². The topological polar surface area (TPSA) is 53.3 Å². The van der Waals surface area contributed by atoms with Crippen LogP contribution in [-0.4, -0.2) is 36.1 Å². The molecule has 0 N–H and O–H groups in total. The van der Waals surface area contributed by atoms with Gasteiger partial charge >= 0.3 is 5.97 Å². The van der Waals surface area contributed by atoms with E-state index in [-0.39, 0.29) is 12.0 Å². The maximum atomic E-state index is 11.6. The number of hydrogen-bond acceptors (Lipinski definition) is 4. The molecule has 1 atom stereocenters. The maximum absolute atomic E-state index is 11.6. The van der Waals surface area contributed by atoms with Gasteiger partial charge in [0.25, 0.3) is 0 Å². The summed E-state index contributed by atoms with van der Waals surface area (Å²) in [7, 11) is 1.39. The van der Waals surface area contributed by atoms with Gasteiger partial charge in [0, 0.05) is 6.61 Å². The van der Waals surface area contributed by atoms with Crippen LogP contribution in [0.25, 0.3) is 0 Å². The van der Waals surface area contributed by atoms with Crippen molar-refractivity contribution in [2.75, 3.05) is 20.3 Å². The minimum Gasteiger partial charge on any atom is -0.465 e. The van der Waals surface area contributed by atoms with Gasteiger partial charge in [-0.2, -0.15) is 5.10 Å². The first-order valence-corrected chi connectivity index (χ1v) is 5.87. The molecule has 0 saturated carbocycles. The Kier molecular flexibility index (Phi) is 3.47. The highest BCUT2D eigenvalue weighted by Gasteiger charge is 2.24. The third kappa shape index (κ3) is 2.20. The number of carbonyl (C=O) groups excluding carboxylic acids is 1. The molecular formula is C12H18N2O3. The van der Waals surface area contributed by atoms with E-state index in [9.17, 15) is 4.79 Å². The monoisotopic (exact) mass is 238 g/mol. The molecule has 94 valence electrons. The molecule has 1 aliphatic rings. The first-order valence-electron chi connectivity index (χ1n) is 5.87. The summed E-state index contributed by atoms with van der Waals surface area (Å²) in [6.45, 7) is 5.22. The number of aromatic nitrogens is 2. The average molecular weight is 238 g/mol. The quantitative estimate of drug-likeness (QED) is 0.735. The van der Waals surface area contributed by atoms with E-state index in [0.29, 0.717) is 12.2 Å². The number of hydrogen-bond donors (Lipinski definition) is 0. The fourth-order valence-corrected chi connectivity index (χ4v) is 2.33. The highest BCUT2D eigenvalue weighted by Crippen LogP contribution is 2.24. The lowest BCUT2D eigenvalue weighted by Gasteiger charge is -2.23. The van der Waals surface area contributed by atoms with E-state index in [0.717, 1.165) is 30.8 Å². The van der Waals surface area contributed by atoms with Crippen LogP contribution < -0.4 is 0 Å². The molecule has 17 heavy (non-hydrogen) atoms. The lowest BCUT2D eigenvalue weighted by atomic mass is 10.1. The third-order valence-corrected chi connectivity index (χ3v) is 3.20. The summed E-state index contributed by atoms with van der Waals surface area (Å²) in [5.74, 6) is -0.317. The fourth-order valence-electron chi connectivity index (χ4n) is 2.33. The first-order chi connectivity index (χ1) is 8.15. The van der Waals surface area contributed by atoms with Crippen molar-refractivity contribution in [3.05, 3.63) is 17.0 Å². The van der Waals surface area contributed by atoms with Crippen LogP contribution in [0.5, 0.6) is 0 Å². The van der Waals surface area contributed by atoms with E-state index in [1.807, 2.05) is 18.5 Å². The molecular weight excluding hydrogens is 220 g/mol. The largest absolute Gasteiger partial charge is 0.465 e. The summed E-state index contributed by atoms with van der Waals surface area (Å²) >= 11 is 0. The molecule has 2 rings (SSSR count). The number of carbonyl (C=O) groups is 1. The van der Waals surface area contributed by atoms with Crippen molar-refractivity contribution >= 4 is 5.97 Å². The van der Waals surface area contributed by atoms with Gasteiger partial charge in [0.15, 0.2) is 0 Å². The second-order valence-electron chi connectivity index (χ2n) is 4.35. The van der Waals surface area contributed by atoms with Gasteiger partial charge < -0.3 is 9.47 Å². The Hall–Kier alpha value is -1.36. The van der Waals surface area contributed by atoms with Crippen molar-refractivity contribution in [3.63, 3.8) is 0 Å². The third-order valence-electron chi connectivity index (χ3n) is 3.20. The number of nitrogens with zero attached hydrogens (tertiary/aromatic N) is 2. The average Bonchev–Trinajstić information content (AvgIpc) is 2.65. The van der Waals surface area contributed by atoms with Crippen LogP contribution >= 0.6 is 0 Å². The zero-order valence-electron chi connectivity index (χ0n) is 10.5. The van der Waals surface area contributed by atoms with Gasteiger partial charge in [-0.15, -0.1) is 0 Å². The normalized spacial score (nSPS) is 20.3. The highest BCUT2D eigenvalue weighted by atomic mass is 16.5. The minimum absolute atomic E-state index is 0.237. The molecule has 1 saturated heterocycles. The van der Waals surface area contributed by atoms with Crippen molar-refractivity contribution < 1.29 is 14.3 Å². The molecule has 0 bridgehead atoms. The summed E-state index contributed by atoms with van der Waals surface area (Å²) in [6.07, 6.45) is 2.08. The minimum atomic E-state index is -0.317. The summed E-state index contributed by atoms with van der Waals surface area (Å²) in [6, 6.07) is 0.237. The second-order valence-corrected chi connectivity index (χ2v) is 4.35. The molecule has 0 spiro atoms. The highest BCUT2D eigenvalue weighted by molar-refractivity contribution is 5.91. The van der Waals surface area contributed by atoms with Crippen LogP contribution in [0.1, 0.15) is 40.6 Å². The van der Waals surface area contributed by atoms with Crippen LogP contribution in [0.4, 0.5) is 0 Å². The summed E-state index contributed by atoms with van der Waals surface area (Å²) in [5.41, 5.74) is 2.17. The van der Waals surface area contributed by atoms with Crippen LogP contribution in [0.15, 0.2) is 0 Å². The molecule has 0 aliphatic carbocycles.